The molecule has 1 N–H and O–H groups in total. The summed E-state index contributed by atoms with van der Waals surface area (Å²) in [5.41, 5.74) is 2.11. The summed E-state index contributed by atoms with van der Waals surface area (Å²) in [6, 6.07) is 4.62. The molecule has 18 heavy (non-hydrogen) atoms. The first-order valence-electron chi connectivity index (χ1n) is 6.80. The highest BCUT2D eigenvalue weighted by Crippen LogP contribution is 2.25. The van der Waals surface area contributed by atoms with Crippen molar-refractivity contribution in [3.63, 3.8) is 0 Å². The average Bonchev–Trinajstić information content (AvgIpc) is 2.73. The zero-order chi connectivity index (χ0) is 12.5. The lowest BCUT2D eigenvalue weighted by molar-refractivity contribution is 0.360. The molecule has 0 amide bonds. The molecule has 0 bridgehead atoms. The number of anilines is 1. The minimum Gasteiger partial charge on any atom is -0.350 e. The van der Waals surface area contributed by atoms with Gasteiger partial charge in [-0.05, 0) is 50.2 Å². The minimum absolute atomic E-state index is 0.541. The van der Waals surface area contributed by atoms with E-state index in [1.807, 2.05) is 16.8 Å². The largest absolute Gasteiger partial charge is 0.350 e. The van der Waals surface area contributed by atoms with Gasteiger partial charge in [-0.15, -0.1) is 5.10 Å². The number of fused-ring (bicyclic) bond motifs is 1. The summed E-state index contributed by atoms with van der Waals surface area (Å²) in [6.45, 7) is 4.40. The Balaban J connectivity index is 1.74. The highest BCUT2D eigenvalue weighted by atomic mass is 15.3. The van der Waals surface area contributed by atoms with Crippen LogP contribution in [-0.2, 0) is 0 Å². The van der Waals surface area contributed by atoms with E-state index in [0.717, 1.165) is 17.5 Å². The molecule has 1 fully saturated rings. The predicted molar refractivity (Wildman–Crippen MR) is 72.8 cm³/mol. The molecule has 2 aromatic heterocycles. The van der Waals surface area contributed by atoms with Crippen molar-refractivity contribution in [2.75, 3.05) is 5.32 Å². The smallest absolute Gasteiger partial charge is 0.243 e. The molecule has 2 heterocycles. The van der Waals surface area contributed by atoms with Crippen molar-refractivity contribution in [3.05, 3.63) is 23.9 Å². The Bertz CT molecular complexity index is 538. The van der Waals surface area contributed by atoms with Gasteiger partial charge in [-0.3, -0.25) is 0 Å². The van der Waals surface area contributed by atoms with E-state index in [2.05, 4.69) is 35.3 Å². The molecule has 0 saturated heterocycles. The topological polar surface area (TPSA) is 42.2 Å². The van der Waals surface area contributed by atoms with Crippen LogP contribution < -0.4 is 5.32 Å². The van der Waals surface area contributed by atoms with E-state index in [-0.39, 0.29) is 0 Å². The third-order valence-corrected chi connectivity index (χ3v) is 3.83. The predicted octanol–water partition coefficient (Wildman–Crippen LogP) is 3.03. The molecule has 0 aromatic carbocycles. The number of rotatable bonds is 2. The van der Waals surface area contributed by atoms with Crippen molar-refractivity contribution in [2.45, 2.75) is 45.6 Å². The average molecular weight is 244 g/mol. The highest BCUT2D eigenvalue weighted by Gasteiger charge is 2.19. The van der Waals surface area contributed by atoms with Crippen molar-refractivity contribution in [2.24, 2.45) is 5.92 Å². The van der Waals surface area contributed by atoms with Gasteiger partial charge in [-0.1, -0.05) is 13.0 Å². The summed E-state index contributed by atoms with van der Waals surface area (Å²) in [5.74, 6) is 1.64. The lowest BCUT2D eigenvalue weighted by Gasteiger charge is -2.26. The van der Waals surface area contributed by atoms with E-state index in [1.165, 1.54) is 31.2 Å². The summed E-state index contributed by atoms with van der Waals surface area (Å²) >= 11 is 0. The van der Waals surface area contributed by atoms with Crippen LogP contribution in [0, 0.1) is 12.8 Å². The van der Waals surface area contributed by atoms with Gasteiger partial charge in [0.1, 0.15) is 0 Å². The van der Waals surface area contributed by atoms with E-state index in [0.29, 0.717) is 6.04 Å². The standard InChI is InChI=1S/C14H20N4/c1-10-3-6-12(7-4-10)15-14-16-13-8-5-11(2)9-18(13)17-14/h5,8-10,12H,3-4,6-7H2,1-2H3,(H,15,17). The third kappa shape index (κ3) is 2.33. The van der Waals surface area contributed by atoms with Gasteiger partial charge in [0, 0.05) is 12.2 Å². The van der Waals surface area contributed by atoms with Crippen molar-refractivity contribution in [1.82, 2.24) is 14.6 Å². The molecule has 4 nitrogen and oxygen atoms in total. The number of aryl methyl sites for hydroxylation is 1. The van der Waals surface area contributed by atoms with Crippen LogP contribution in [0.1, 0.15) is 38.2 Å². The van der Waals surface area contributed by atoms with Crippen LogP contribution in [0.5, 0.6) is 0 Å². The molecular weight excluding hydrogens is 224 g/mol. The monoisotopic (exact) mass is 244 g/mol. The van der Waals surface area contributed by atoms with Crippen LogP contribution in [0.3, 0.4) is 0 Å². The molecule has 0 unspecified atom stereocenters. The van der Waals surface area contributed by atoms with Gasteiger partial charge in [0.25, 0.3) is 0 Å². The van der Waals surface area contributed by atoms with Gasteiger partial charge in [0.05, 0.1) is 0 Å². The normalized spacial score (nSPS) is 24.3. The van der Waals surface area contributed by atoms with Crippen molar-refractivity contribution in [3.8, 4) is 0 Å². The molecule has 0 atom stereocenters. The SMILES string of the molecule is Cc1ccc2nc(NC3CCC(C)CC3)nn2c1. The number of hydrogen-bond donors (Lipinski definition) is 1. The second kappa shape index (κ2) is 4.59. The summed E-state index contributed by atoms with van der Waals surface area (Å²) in [7, 11) is 0. The van der Waals surface area contributed by atoms with E-state index in [9.17, 15) is 0 Å². The number of nitrogens with one attached hydrogen (secondary N) is 1. The molecular formula is C14H20N4. The maximum absolute atomic E-state index is 4.51. The Kier molecular flexibility index (Phi) is 2.94. The van der Waals surface area contributed by atoms with Crippen LogP contribution in [-0.4, -0.2) is 20.6 Å². The third-order valence-electron chi connectivity index (χ3n) is 3.83. The van der Waals surface area contributed by atoms with E-state index >= 15 is 0 Å². The maximum Gasteiger partial charge on any atom is 0.243 e. The van der Waals surface area contributed by atoms with Gasteiger partial charge in [-0.2, -0.15) is 4.98 Å². The molecule has 3 rings (SSSR count). The van der Waals surface area contributed by atoms with E-state index < -0.39 is 0 Å². The molecule has 1 aliphatic carbocycles. The molecule has 2 aromatic rings. The van der Waals surface area contributed by atoms with E-state index in [4.69, 9.17) is 0 Å². The van der Waals surface area contributed by atoms with Gasteiger partial charge >= 0.3 is 0 Å². The minimum atomic E-state index is 0.541. The van der Waals surface area contributed by atoms with Crippen molar-refractivity contribution in [1.29, 1.82) is 0 Å². The molecule has 0 spiro atoms. The maximum atomic E-state index is 4.51. The van der Waals surface area contributed by atoms with Crippen LogP contribution >= 0.6 is 0 Å². The Morgan fingerprint density at radius 2 is 2.00 bits per heavy atom. The molecule has 1 aliphatic rings. The Morgan fingerprint density at radius 3 is 2.78 bits per heavy atom. The fraction of sp³-hybridized carbons (Fsp3) is 0.571. The molecule has 0 radical (unpaired) electrons. The first-order chi connectivity index (χ1) is 8.70. The van der Waals surface area contributed by atoms with Gasteiger partial charge in [-0.25, -0.2) is 4.52 Å². The van der Waals surface area contributed by atoms with Crippen LogP contribution in [0.2, 0.25) is 0 Å². The second-order valence-electron chi connectivity index (χ2n) is 5.55. The number of pyridine rings is 1. The molecule has 0 aliphatic heterocycles. The van der Waals surface area contributed by atoms with Crippen LogP contribution in [0.4, 0.5) is 5.95 Å². The van der Waals surface area contributed by atoms with Crippen LogP contribution in [0.25, 0.3) is 5.65 Å². The Morgan fingerprint density at radius 1 is 1.22 bits per heavy atom. The molecule has 96 valence electrons. The zero-order valence-electron chi connectivity index (χ0n) is 11.1. The van der Waals surface area contributed by atoms with E-state index in [1.54, 1.807) is 0 Å². The molecule has 4 heteroatoms. The van der Waals surface area contributed by atoms with Crippen molar-refractivity contribution >= 4 is 11.6 Å². The fourth-order valence-electron chi connectivity index (χ4n) is 2.63. The summed E-state index contributed by atoms with van der Waals surface area (Å²) in [5, 5.41) is 7.95. The van der Waals surface area contributed by atoms with Crippen molar-refractivity contribution < 1.29 is 0 Å². The first-order valence-corrected chi connectivity index (χ1v) is 6.80. The number of aromatic nitrogens is 3. The lowest BCUT2D eigenvalue weighted by Crippen LogP contribution is -2.25. The number of hydrogen-bond acceptors (Lipinski definition) is 3. The second-order valence-corrected chi connectivity index (χ2v) is 5.55. The number of nitrogens with zero attached hydrogens (tertiary/aromatic N) is 3. The fourth-order valence-corrected chi connectivity index (χ4v) is 2.63. The Hall–Kier alpha value is -1.58. The first kappa shape index (κ1) is 11.5. The summed E-state index contributed by atoms with van der Waals surface area (Å²) in [6.07, 6.45) is 7.09. The zero-order valence-corrected chi connectivity index (χ0v) is 11.1. The summed E-state index contributed by atoms with van der Waals surface area (Å²) < 4.78 is 1.85. The van der Waals surface area contributed by atoms with Gasteiger partial charge in [0.2, 0.25) is 5.95 Å². The van der Waals surface area contributed by atoms with Gasteiger partial charge < -0.3 is 5.32 Å². The Labute approximate surface area is 107 Å². The molecule has 1 saturated carbocycles. The van der Waals surface area contributed by atoms with Gasteiger partial charge in [0.15, 0.2) is 5.65 Å². The lowest BCUT2D eigenvalue weighted by atomic mass is 9.87. The van der Waals surface area contributed by atoms with Crippen LogP contribution in [0.15, 0.2) is 18.3 Å². The quantitative estimate of drug-likeness (QED) is 0.883. The highest BCUT2D eigenvalue weighted by molar-refractivity contribution is 5.44. The summed E-state index contributed by atoms with van der Waals surface area (Å²) in [4.78, 5) is 4.51.